The zero-order chi connectivity index (χ0) is 12.3. The second kappa shape index (κ2) is 4.63. The minimum absolute atomic E-state index is 0.0464. The van der Waals surface area contributed by atoms with Crippen LogP contribution in [0.3, 0.4) is 0 Å². The smallest absolute Gasteiger partial charge is 0.159 e. The highest BCUT2D eigenvalue weighted by atomic mass is 16.1. The Morgan fingerprint density at radius 1 is 1.06 bits per heavy atom. The van der Waals surface area contributed by atoms with E-state index in [2.05, 4.69) is 6.07 Å². The molecule has 2 rings (SSSR count). The lowest BCUT2D eigenvalue weighted by atomic mass is 9.99. The van der Waals surface area contributed by atoms with E-state index in [4.69, 9.17) is 5.26 Å². The molecule has 0 amide bonds. The Balaban J connectivity index is 2.47. The largest absolute Gasteiger partial charge is 0.295 e. The molecule has 0 saturated carbocycles. The minimum Gasteiger partial charge on any atom is -0.295 e. The third-order valence-corrected chi connectivity index (χ3v) is 2.65. The molecule has 0 aliphatic carbocycles. The van der Waals surface area contributed by atoms with E-state index in [-0.39, 0.29) is 5.78 Å². The van der Waals surface area contributed by atoms with Crippen molar-refractivity contribution in [1.29, 1.82) is 5.26 Å². The van der Waals surface area contributed by atoms with E-state index in [0.29, 0.717) is 11.1 Å². The Hall–Kier alpha value is -2.40. The summed E-state index contributed by atoms with van der Waals surface area (Å²) in [5.41, 5.74) is 3.17. The second-order valence-electron chi connectivity index (χ2n) is 3.79. The summed E-state index contributed by atoms with van der Waals surface area (Å²) in [6, 6.07) is 16.9. The molecule has 2 nitrogen and oxygen atoms in total. The average Bonchev–Trinajstić information content (AvgIpc) is 2.39. The van der Waals surface area contributed by atoms with Gasteiger partial charge in [0.1, 0.15) is 0 Å². The lowest BCUT2D eigenvalue weighted by Crippen LogP contribution is -1.91. The van der Waals surface area contributed by atoms with Crippen LogP contribution in [0.25, 0.3) is 11.1 Å². The summed E-state index contributed by atoms with van der Waals surface area (Å²) < 4.78 is 0. The number of Topliss-reactive ketones (excluding diaryl/α,β-unsaturated/α-hetero) is 1. The fraction of sp³-hybridized carbons (Fsp3) is 0.0667. The number of hydrogen-bond acceptors (Lipinski definition) is 2. The lowest BCUT2D eigenvalue weighted by molar-refractivity contribution is 0.101. The maximum absolute atomic E-state index is 11.2. The Kier molecular flexibility index (Phi) is 3.02. The van der Waals surface area contributed by atoms with Crippen molar-refractivity contribution >= 4 is 5.78 Å². The first kappa shape index (κ1) is 11.1. The van der Waals surface area contributed by atoms with Crippen molar-refractivity contribution in [3.63, 3.8) is 0 Å². The molecular formula is C15H11NO. The molecule has 0 bridgehead atoms. The van der Waals surface area contributed by atoms with E-state index in [0.717, 1.165) is 11.1 Å². The average molecular weight is 221 g/mol. The van der Waals surface area contributed by atoms with Crippen molar-refractivity contribution in [1.82, 2.24) is 0 Å². The number of hydrogen-bond donors (Lipinski definition) is 0. The fourth-order valence-electron chi connectivity index (χ4n) is 1.72. The summed E-state index contributed by atoms with van der Waals surface area (Å²) in [4.78, 5) is 11.2. The first-order valence-corrected chi connectivity index (χ1v) is 5.33. The highest BCUT2D eigenvalue weighted by molar-refractivity contribution is 5.94. The molecule has 2 heteroatoms. The van der Waals surface area contributed by atoms with Gasteiger partial charge in [-0.25, -0.2) is 0 Å². The zero-order valence-electron chi connectivity index (χ0n) is 9.47. The quantitative estimate of drug-likeness (QED) is 0.729. The molecule has 0 atom stereocenters. The molecule has 0 N–H and O–H groups in total. The fourth-order valence-corrected chi connectivity index (χ4v) is 1.72. The highest BCUT2D eigenvalue weighted by Gasteiger charge is 2.04. The standard InChI is InChI=1S/C15H11NO/c1-11(17)12-6-8-13(9-7-12)15-5-3-2-4-14(15)10-16/h2-9H,1H3. The van der Waals surface area contributed by atoms with E-state index in [1.54, 1.807) is 18.2 Å². The topological polar surface area (TPSA) is 40.9 Å². The number of ketones is 1. The normalized spacial score (nSPS) is 9.65. The lowest BCUT2D eigenvalue weighted by Gasteiger charge is -2.04. The van der Waals surface area contributed by atoms with E-state index < -0.39 is 0 Å². The molecule has 2 aromatic carbocycles. The molecule has 0 unspecified atom stereocenters. The molecule has 0 fully saturated rings. The number of nitrogens with zero attached hydrogens (tertiary/aromatic N) is 1. The predicted octanol–water partition coefficient (Wildman–Crippen LogP) is 3.43. The number of carbonyl (C=O) groups is 1. The SMILES string of the molecule is CC(=O)c1ccc(-c2ccccc2C#N)cc1. The van der Waals surface area contributed by atoms with Crippen LogP contribution in [-0.2, 0) is 0 Å². The zero-order valence-corrected chi connectivity index (χ0v) is 9.47. The van der Waals surface area contributed by atoms with Gasteiger partial charge in [-0.15, -0.1) is 0 Å². The van der Waals surface area contributed by atoms with Gasteiger partial charge in [0.05, 0.1) is 11.6 Å². The second-order valence-corrected chi connectivity index (χ2v) is 3.79. The van der Waals surface area contributed by atoms with Gasteiger partial charge in [0, 0.05) is 5.56 Å². The van der Waals surface area contributed by atoms with Crippen LogP contribution in [0.2, 0.25) is 0 Å². The van der Waals surface area contributed by atoms with E-state index in [1.807, 2.05) is 30.3 Å². The number of nitriles is 1. The van der Waals surface area contributed by atoms with Gasteiger partial charge in [0.2, 0.25) is 0 Å². The molecule has 0 aromatic heterocycles. The van der Waals surface area contributed by atoms with Gasteiger partial charge in [0.15, 0.2) is 5.78 Å². The Morgan fingerprint density at radius 3 is 2.29 bits per heavy atom. The maximum atomic E-state index is 11.2. The van der Waals surface area contributed by atoms with Crippen LogP contribution >= 0.6 is 0 Å². The maximum Gasteiger partial charge on any atom is 0.159 e. The molecule has 82 valence electrons. The summed E-state index contributed by atoms with van der Waals surface area (Å²) >= 11 is 0. The van der Waals surface area contributed by atoms with Crippen LogP contribution in [0.5, 0.6) is 0 Å². The van der Waals surface area contributed by atoms with Gasteiger partial charge in [-0.05, 0) is 24.1 Å². The van der Waals surface area contributed by atoms with E-state index in [9.17, 15) is 4.79 Å². The van der Waals surface area contributed by atoms with Crippen LogP contribution in [0.15, 0.2) is 48.5 Å². The van der Waals surface area contributed by atoms with Crippen LogP contribution in [0.4, 0.5) is 0 Å². The highest BCUT2D eigenvalue weighted by Crippen LogP contribution is 2.23. The molecule has 0 heterocycles. The van der Waals surface area contributed by atoms with Gasteiger partial charge in [-0.3, -0.25) is 4.79 Å². The van der Waals surface area contributed by atoms with Gasteiger partial charge >= 0.3 is 0 Å². The molecule has 0 radical (unpaired) electrons. The van der Waals surface area contributed by atoms with E-state index in [1.165, 1.54) is 6.92 Å². The van der Waals surface area contributed by atoms with Crippen molar-refractivity contribution in [3.8, 4) is 17.2 Å². The van der Waals surface area contributed by atoms with Crippen molar-refractivity contribution in [2.75, 3.05) is 0 Å². The van der Waals surface area contributed by atoms with Crippen LogP contribution in [0, 0.1) is 11.3 Å². The summed E-state index contributed by atoms with van der Waals surface area (Å²) in [5, 5.41) is 9.02. The van der Waals surface area contributed by atoms with Crippen LogP contribution in [-0.4, -0.2) is 5.78 Å². The molecular weight excluding hydrogens is 210 g/mol. The summed E-state index contributed by atoms with van der Waals surface area (Å²) in [6.45, 7) is 1.54. The first-order valence-electron chi connectivity index (χ1n) is 5.33. The molecule has 0 saturated heterocycles. The van der Waals surface area contributed by atoms with Crippen molar-refractivity contribution in [2.24, 2.45) is 0 Å². The van der Waals surface area contributed by atoms with Crippen molar-refractivity contribution in [2.45, 2.75) is 6.92 Å². The molecule has 2 aromatic rings. The molecule has 0 spiro atoms. The number of carbonyl (C=O) groups excluding carboxylic acids is 1. The molecule has 0 aliphatic heterocycles. The van der Waals surface area contributed by atoms with Crippen LogP contribution in [0.1, 0.15) is 22.8 Å². The van der Waals surface area contributed by atoms with Gasteiger partial charge in [-0.1, -0.05) is 42.5 Å². The van der Waals surface area contributed by atoms with Crippen LogP contribution < -0.4 is 0 Å². The van der Waals surface area contributed by atoms with E-state index >= 15 is 0 Å². The van der Waals surface area contributed by atoms with Gasteiger partial charge < -0.3 is 0 Å². The Labute approximate surface area is 100 Å². The third-order valence-electron chi connectivity index (χ3n) is 2.65. The Bertz CT molecular complexity index is 591. The summed E-state index contributed by atoms with van der Waals surface area (Å²) in [7, 11) is 0. The van der Waals surface area contributed by atoms with Crippen molar-refractivity contribution in [3.05, 3.63) is 59.7 Å². The van der Waals surface area contributed by atoms with Gasteiger partial charge in [-0.2, -0.15) is 5.26 Å². The Morgan fingerprint density at radius 2 is 1.71 bits per heavy atom. The molecule has 17 heavy (non-hydrogen) atoms. The monoisotopic (exact) mass is 221 g/mol. The number of rotatable bonds is 2. The predicted molar refractivity (Wildman–Crippen MR) is 66.6 cm³/mol. The van der Waals surface area contributed by atoms with Gasteiger partial charge in [0.25, 0.3) is 0 Å². The number of benzene rings is 2. The molecule has 0 aliphatic rings. The first-order chi connectivity index (χ1) is 8.22. The summed E-state index contributed by atoms with van der Waals surface area (Å²) in [6.07, 6.45) is 0. The van der Waals surface area contributed by atoms with Crippen molar-refractivity contribution < 1.29 is 4.79 Å². The minimum atomic E-state index is 0.0464. The summed E-state index contributed by atoms with van der Waals surface area (Å²) in [5.74, 6) is 0.0464. The third kappa shape index (κ3) is 2.24.